The Balaban J connectivity index is 2.12. The van der Waals surface area contributed by atoms with E-state index in [2.05, 4.69) is 0 Å². The first-order valence-corrected chi connectivity index (χ1v) is 6.54. The van der Waals surface area contributed by atoms with Gasteiger partial charge in [0, 0.05) is 12.3 Å². The van der Waals surface area contributed by atoms with Crippen LogP contribution in [-0.4, -0.2) is 26.5 Å². The van der Waals surface area contributed by atoms with Crippen molar-refractivity contribution in [2.75, 3.05) is 0 Å². The van der Waals surface area contributed by atoms with Crippen molar-refractivity contribution in [2.24, 2.45) is 0 Å². The van der Waals surface area contributed by atoms with Crippen LogP contribution in [0.3, 0.4) is 0 Å². The number of hydrogen-bond donors (Lipinski definition) is 4. The minimum absolute atomic E-state index is 0.188. The highest BCUT2D eigenvalue weighted by Crippen LogP contribution is 2.42. The lowest BCUT2D eigenvalue weighted by atomic mass is 9.76. The molecule has 0 amide bonds. The molecule has 2 aromatic carbocycles. The van der Waals surface area contributed by atoms with Crippen molar-refractivity contribution in [1.29, 1.82) is 0 Å². The van der Waals surface area contributed by atoms with E-state index < -0.39 is 12.2 Å². The minimum atomic E-state index is -0.733. The van der Waals surface area contributed by atoms with E-state index in [0.717, 1.165) is 11.1 Å². The lowest BCUT2D eigenvalue weighted by molar-refractivity contribution is 0.0572. The van der Waals surface area contributed by atoms with Gasteiger partial charge in [0.2, 0.25) is 0 Å². The van der Waals surface area contributed by atoms with Crippen molar-refractivity contribution in [3.05, 3.63) is 59.2 Å². The van der Waals surface area contributed by atoms with Crippen LogP contribution in [0.1, 0.15) is 35.1 Å². The second-order valence-corrected chi connectivity index (χ2v) is 5.17. The molecule has 4 heteroatoms. The van der Waals surface area contributed by atoms with Crippen LogP contribution in [0.25, 0.3) is 0 Å². The Morgan fingerprint density at radius 3 is 2.25 bits per heavy atom. The number of rotatable bonds is 1. The third-order valence-corrected chi connectivity index (χ3v) is 3.90. The molecule has 4 nitrogen and oxygen atoms in total. The van der Waals surface area contributed by atoms with Gasteiger partial charge in [-0.05, 0) is 28.8 Å². The summed E-state index contributed by atoms with van der Waals surface area (Å²) in [5.74, 6) is -0.716. The molecular weight excluding hydrogens is 256 g/mol. The van der Waals surface area contributed by atoms with Crippen LogP contribution in [-0.2, 0) is 0 Å². The number of phenolic OH excluding ortho intramolecular Hbond substituents is 2. The molecule has 0 saturated heterocycles. The number of phenols is 2. The zero-order valence-electron chi connectivity index (χ0n) is 10.8. The Labute approximate surface area is 116 Å². The summed E-state index contributed by atoms with van der Waals surface area (Å²) in [5, 5.41) is 39.4. The fraction of sp³-hybridized carbons (Fsp3) is 0.250. The maximum atomic E-state index is 10.3. The van der Waals surface area contributed by atoms with Crippen LogP contribution in [0.5, 0.6) is 11.5 Å². The van der Waals surface area contributed by atoms with Gasteiger partial charge in [-0.2, -0.15) is 0 Å². The summed E-state index contributed by atoms with van der Waals surface area (Å²) in [7, 11) is 0. The average molecular weight is 272 g/mol. The second kappa shape index (κ2) is 4.81. The SMILES string of the molecule is Oc1ccc([C@@H]2c3ccccc3[C@H](O)C[C@H]2O)cc1O. The summed E-state index contributed by atoms with van der Waals surface area (Å²) in [4.78, 5) is 0. The second-order valence-electron chi connectivity index (χ2n) is 5.17. The Hall–Kier alpha value is -2.04. The third-order valence-electron chi connectivity index (χ3n) is 3.90. The molecule has 0 bridgehead atoms. The molecule has 0 heterocycles. The zero-order valence-corrected chi connectivity index (χ0v) is 10.8. The molecule has 0 spiro atoms. The van der Waals surface area contributed by atoms with Gasteiger partial charge in [-0.25, -0.2) is 0 Å². The van der Waals surface area contributed by atoms with Gasteiger partial charge in [0.05, 0.1) is 12.2 Å². The molecule has 0 fully saturated rings. The molecule has 0 aliphatic heterocycles. The molecular formula is C16H16O4. The molecule has 3 rings (SSSR count). The van der Waals surface area contributed by atoms with Gasteiger partial charge in [-0.3, -0.25) is 0 Å². The molecule has 0 unspecified atom stereocenters. The van der Waals surface area contributed by atoms with Crippen LogP contribution in [0.4, 0.5) is 0 Å². The van der Waals surface area contributed by atoms with Gasteiger partial charge >= 0.3 is 0 Å². The third kappa shape index (κ3) is 2.03. The first-order chi connectivity index (χ1) is 9.58. The number of aliphatic hydroxyl groups excluding tert-OH is 2. The highest BCUT2D eigenvalue weighted by Gasteiger charge is 2.34. The molecule has 4 N–H and O–H groups in total. The van der Waals surface area contributed by atoms with E-state index in [4.69, 9.17) is 0 Å². The van der Waals surface area contributed by atoms with E-state index in [0.29, 0.717) is 5.56 Å². The lowest BCUT2D eigenvalue weighted by Gasteiger charge is -2.33. The first-order valence-electron chi connectivity index (χ1n) is 6.54. The zero-order chi connectivity index (χ0) is 14.3. The quantitative estimate of drug-likeness (QED) is 0.599. The number of fused-ring (bicyclic) bond motifs is 1. The fourth-order valence-corrected chi connectivity index (χ4v) is 2.93. The van der Waals surface area contributed by atoms with Crippen LogP contribution in [0, 0.1) is 0 Å². The van der Waals surface area contributed by atoms with Crippen LogP contribution in [0.15, 0.2) is 42.5 Å². The number of benzene rings is 2. The Morgan fingerprint density at radius 1 is 0.850 bits per heavy atom. The van der Waals surface area contributed by atoms with Crippen LogP contribution in [0.2, 0.25) is 0 Å². The van der Waals surface area contributed by atoms with E-state index in [1.54, 1.807) is 6.07 Å². The van der Waals surface area contributed by atoms with Crippen molar-refractivity contribution in [3.8, 4) is 11.5 Å². The van der Waals surface area contributed by atoms with E-state index in [9.17, 15) is 20.4 Å². The van der Waals surface area contributed by atoms with Crippen LogP contribution >= 0.6 is 0 Å². The van der Waals surface area contributed by atoms with E-state index in [1.807, 2.05) is 24.3 Å². The van der Waals surface area contributed by atoms with Crippen molar-refractivity contribution in [1.82, 2.24) is 0 Å². The molecule has 1 aliphatic rings. The number of hydrogen-bond acceptors (Lipinski definition) is 4. The normalized spacial score (nSPS) is 25.2. The average Bonchev–Trinajstić information content (AvgIpc) is 2.43. The van der Waals surface area contributed by atoms with Gasteiger partial charge in [0.25, 0.3) is 0 Å². The van der Waals surface area contributed by atoms with Crippen LogP contribution < -0.4 is 0 Å². The first kappa shape index (κ1) is 13.0. The topological polar surface area (TPSA) is 80.9 Å². The molecule has 3 atom stereocenters. The van der Waals surface area contributed by atoms with Crippen molar-refractivity contribution in [2.45, 2.75) is 24.5 Å². The summed E-state index contributed by atoms with van der Waals surface area (Å²) in [6, 6.07) is 12.0. The molecule has 2 aromatic rings. The number of aromatic hydroxyl groups is 2. The lowest BCUT2D eigenvalue weighted by Crippen LogP contribution is -2.28. The highest BCUT2D eigenvalue weighted by molar-refractivity contribution is 5.48. The summed E-state index contributed by atoms with van der Waals surface area (Å²) in [6.07, 6.45) is -1.16. The molecule has 1 aliphatic carbocycles. The summed E-state index contributed by atoms with van der Waals surface area (Å²) in [5.41, 5.74) is 2.37. The summed E-state index contributed by atoms with van der Waals surface area (Å²) in [6.45, 7) is 0. The maximum absolute atomic E-state index is 10.3. The monoisotopic (exact) mass is 272 g/mol. The Kier molecular flexibility index (Phi) is 3.12. The van der Waals surface area contributed by atoms with Crippen molar-refractivity contribution < 1.29 is 20.4 Å². The number of aliphatic hydroxyl groups is 2. The van der Waals surface area contributed by atoms with E-state index >= 15 is 0 Å². The van der Waals surface area contributed by atoms with E-state index in [1.165, 1.54) is 12.1 Å². The Morgan fingerprint density at radius 2 is 1.55 bits per heavy atom. The predicted molar refractivity (Wildman–Crippen MR) is 73.6 cm³/mol. The molecule has 104 valence electrons. The molecule has 20 heavy (non-hydrogen) atoms. The Bertz CT molecular complexity index is 638. The highest BCUT2D eigenvalue weighted by atomic mass is 16.3. The predicted octanol–water partition coefficient (Wildman–Crippen LogP) is 2.03. The van der Waals surface area contributed by atoms with Crippen molar-refractivity contribution >= 4 is 0 Å². The van der Waals surface area contributed by atoms with E-state index in [-0.39, 0.29) is 23.8 Å². The van der Waals surface area contributed by atoms with Gasteiger partial charge < -0.3 is 20.4 Å². The summed E-state index contributed by atoms with van der Waals surface area (Å²) >= 11 is 0. The molecule has 0 radical (unpaired) electrons. The van der Waals surface area contributed by atoms with Gasteiger partial charge in [-0.1, -0.05) is 30.3 Å². The van der Waals surface area contributed by atoms with Gasteiger partial charge in [-0.15, -0.1) is 0 Å². The summed E-state index contributed by atoms with van der Waals surface area (Å²) < 4.78 is 0. The minimum Gasteiger partial charge on any atom is -0.504 e. The van der Waals surface area contributed by atoms with Gasteiger partial charge in [0.1, 0.15) is 0 Å². The standard InChI is InChI=1S/C16H16O4/c17-12-6-5-9(7-14(12)19)16-11-4-2-1-3-10(11)13(18)8-15(16)20/h1-7,13,15-20H,8H2/t13-,15-,16-/m1/s1. The fourth-order valence-electron chi connectivity index (χ4n) is 2.93. The maximum Gasteiger partial charge on any atom is 0.157 e. The smallest absolute Gasteiger partial charge is 0.157 e. The molecule has 0 aromatic heterocycles. The van der Waals surface area contributed by atoms with Gasteiger partial charge in [0.15, 0.2) is 11.5 Å². The largest absolute Gasteiger partial charge is 0.504 e. The molecule has 0 saturated carbocycles. The van der Waals surface area contributed by atoms with Crippen molar-refractivity contribution in [3.63, 3.8) is 0 Å².